The van der Waals surface area contributed by atoms with Crippen LogP contribution in [0.5, 0.6) is 0 Å². The molecule has 2 N–H and O–H groups in total. The van der Waals surface area contributed by atoms with E-state index in [0.717, 1.165) is 19.5 Å². The van der Waals surface area contributed by atoms with Crippen molar-refractivity contribution in [2.45, 2.75) is 19.4 Å². The quantitative estimate of drug-likeness (QED) is 0.895. The first-order valence-corrected chi connectivity index (χ1v) is 7.40. The van der Waals surface area contributed by atoms with E-state index >= 15 is 0 Å². The highest BCUT2D eigenvalue weighted by atomic mass is 35.5. The fraction of sp³-hybridized carbons (Fsp3) is 0.533. The van der Waals surface area contributed by atoms with Crippen LogP contribution in [0.1, 0.15) is 13.3 Å². The van der Waals surface area contributed by atoms with Gasteiger partial charge in [-0.25, -0.2) is 0 Å². The van der Waals surface area contributed by atoms with Gasteiger partial charge in [0.2, 0.25) is 5.91 Å². The molecule has 20 heavy (non-hydrogen) atoms. The molecular formula is C15H22ClN3O. The Kier molecular flexibility index (Phi) is 5.40. The van der Waals surface area contributed by atoms with E-state index in [1.807, 2.05) is 12.1 Å². The molecule has 1 heterocycles. The number of rotatable bonds is 4. The summed E-state index contributed by atoms with van der Waals surface area (Å²) in [6.07, 6.45) is 1.08. The van der Waals surface area contributed by atoms with Gasteiger partial charge < -0.3 is 15.5 Å². The summed E-state index contributed by atoms with van der Waals surface area (Å²) in [4.78, 5) is 14.3. The molecular weight excluding hydrogens is 274 g/mol. The van der Waals surface area contributed by atoms with Gasteiger partial charge in [0.1, 0.15) is 0 Å². The molecule has 4 nitrogen and oxygen atoms in total. The second-order valence-corrected chi connectivity index (χ2v) is 5.95. The van der Waals surface area contributed by atoms with Gasteiger partial charge in [-0.05, 0) is 38.1 Å². The Labute approximate surface area is 125 Å². The summed E-state index contributed by atoms with van der Waals surface area (Å²) >= 11 is 6.02. The van der Waals surface area contributed by atoms with Crippen LogP contribution in [0.3, 0.4) is 0 Å². The number of para-hydroxylation sites is 1. The minimum absolute atomic E-state index is 0.0516. The third-order valence-corrected chi connectivity index (χ3v) is 4.11. The summed E-state index contributed by atoms with van der Waals surface area (Å²) in [5, 5.41) is 6.74. The van der Waals surface area contributed by atoms with E-state index in [4.69, 9.17) is 11.6 Å². The van der Waals surface area contributed by atoms with Crippen molar-refractivity contribution in [1.29, 1.82) is 0 Å². The molecule has 1 aliphatic heterocycles. The third-order valence-electron chi connectivity index (χ3n) is 3.78. The number of piperidine rings is 1. The van der Waals surface area contributed by atoms with Gasteiger partial charge in [0.05, 0.1) is 17.3 Å². The predicted octanol–water partition coefficient (Wildman–Crippen LogP) is 2.21. The van der Waals surface area contributed by atoms with Gasteiger partial charge >= 0.3 is 0 Å². The molecule has 0 saturated carbocycles. The van der Waals surface area contributed by atoms with Crippen LogP contribution in [-0.4, -0.2) is 43.5 Å². The molecule has 2 atom stereocenters. The maximum atomic E-state index is 11.9. The van der Waals surface area contributed by atoms with Crippen molar-refractivity contribution in [1.82, 2.24) is 10.2 Å². The maximum absolute atomic E-state index is 11.9. The second-order valence-electron chi connectivity index (χ2n) is 5.54. The average molecular weight is 296 g/mol. The number of nitrogens with zero attached hydrogens (tertiary/aromatic N) is 1. The number of likely N-dealkylation sites (tertiary alicyclic amines) is 1. The number of nitrogens with one attached hydrogen (secondary N) is 2. The standard InChI is InChI=1S/C15H22ClN3O/c1-11-10-19(2)8-7-13(11)17-9-15(20)18-14-6-4-3-5-12(14)16/h3-6,11,13,17H,7-10H2,1-2H3,(H,18,20). The Morgan fingerprint density at radius 3 is 2.90 bits per heavy atom. The minimum Gasteiger partial charge on any atom is -0.324 e. The highest BCUT2D eigenvalue weighted by molar-refractivity contribution is 6.33. The first kappa shape index (κ1) is 15.3. The number of halogens is 1. The molecule has 2 rings (SSSR count). The van der Waals surface area contributed by atoms with Crippen LogP contribution in [0.2, 0.25) is 5.02 Å². The lowest BCUT2D eigenvalue weighted by Gasteiger charge is -2.35. The van der Waals surface area contributed by atoms with Gasteiger partial charge in [-0.1, -0.05) is 30.7 Å². The van der Waals surface area contributed by atoms with Crippen LogP contribution in [0.15, 0.2) is 24.3 Å². The van der Waals surface area contributed by atoms with Gasteiger partial charge in [-0.2, -0.15) is 0 Å². The lowest BCUT2D eigenvalue weighted by Crippen LogP contribution is -2.48. The van der Waals surface area contributed by atoms with Crippen molar-refractivity contribution in [2.75, 3.05) is 32.0 Å². The number of benzene rings is 1. The second kappa shape index (κ2) is 7.07. The van der Waals surface area contributed by atoms with E-state index in [9.17, 15) is 4.79 Å². The van der Waals surface area contributed by atoms with Crippen molar-refractivity contribution in [3.63, 3.8) is 0 Å². The lowest BCUT2D eigenvalue weighted by atomic mass is 9.94. The zero-order valence-corrected chi connectivity index (χ0v) is 12.8. The highest BCUT2D eigenvalue weighted by Gasteiger charge is 2.24. The topological polar surface area (TPSA) is 44.4 Å². The number of hydrogen-bond acceptors (Lipinski definition) is 3. The number of anilines is 1. The maximum Gasteiger partial charge on any atom is 0.238 e. The SMILES string of the molecule is CC1CN(C)CCC1NCC(=O)Nc1ccccc1Cl. The molecule has 1 aromatic rings. The van der Waals surface area contributed by atoms with Crippen molar-refractivity contribution >= 4 is 23.2 Å². The number of carbonyl (C=O) groups is 1. The van der Waals surface area contributed by atoms with Gasteiger partial charge in [0, 0.05) is 12.6 Å². The van der Waals surface area contributed by atoms with Crippen molar-refractivity contribution in [3.05, 3.63) is 29.3 Å². The monoisotopic (exact) mass is 295 g/mol. The molecule has 5 heteroatoms. The fourth-order valence-corrected chi connectivity index (χ4v) is 2.82. The van der Waals surface area contributed by atoms with Gasteiger partial charge in [0.25, 0.3) is 0 Å². The Hall–Kier alpha value is -1.10. The molecule has 0 aromatic heterocycles. The van der Waals surface area contributed by atoms with E-state index in [2.05, 4.69) is 29.5 Å². The predicted molar refractivity (Wildman–Crippen MR) is 83.2 cm³/mol. The number of amides is 1. The van der Waals surface area contributed by atoms with E-state index in [0.29, 0.717) is 29.2 Å². The van der Waals surface area contributed by atoms with Crippen LogP contribution in [0.4, 0.5) is 5.69 Å². The molecule has 1 saturated heterocycles. The van der Waals surface area contributed by atoms with Gasteiger partial charge in [0.15, 0.2) is 0 Å². The van der Waals surface area contributed by atoms with Crippen LogP contribution in [0, 0.1) is 5.92 Å². The van der Waals surface area contributed by atoms with Crippen LogP contribution >= 0.6 is 11.6 Å². The smallest absolute Gasteiger partial charge is 0.238 e. The zero-order chi connectivity index (χ0) is 14.5. The average Bonchev–Trinajstić information content (AvgIpc) is 2.40. The Balaban J connectivity index is 1.79. The molecule has 1 aliphatic rings. The largest absolute Gasteiger partial charge is 0.324 e. The first-order chi connectivity index (χ1) is 9.56. The normalized spacial score (nSPS) is 23.6. The Bertz CT molecular complexity index is 466. The van der Waals surface area contributed by atoms with Crippen LogP contribution in [0.25, 0.3) is 0 Å². The fourth-order valence-electron chi connectivity index (χ4n) is 2.64. The van der Waals surface area contributed by atoms with Crippen molar-refractivity contribution in [2.24, 2.45) is 5.92 Å². The molecule has 1 aromatic carbocycles. The zero-order valence-electron chi connectivity index (χ0n) is 12.0. The minimum atomic E-state index is -0.0516. The molecule has 0 aliphatic carbocycles. The molecule has 0 radical (unpaired) electrons. The Morgan fingerprint density at radius 1 is 1.45 bits per heavy atom. The molecule has 0 bridgehead atoms. The molecule has 110 valence electrons. The van der Waals surface area contributed by atoms with E-state index in [1.54, 1.807) is 12.1 Å². The molecule has 1 fully saturated rings. The van der Waals surface area contributed by atoms with E-state index in [1.165, 1.54) is 0 Å². The van der Waals surface area contributed by atoms with Crippen LogP contribution < -0.4 is 10.6 Å². The third kappa shape index (κ3) is 4.20. The van der Waals surface area contributed by atoms with Crippen LogP contribution in [-0.2, 0) is 4.79 Å². The summed E-state index contributed by atoms with van der Waals surface area (Å²) < 4.78 is 0. The van der Waals surface area contributed by atoms with Gasteiger partial charge in [-0.15, -0.1) is 0 Å². The van der Waals surface area contributed by atoms with E-state index in [-0.39, 0.29) is 5.91 Å². The van der Waals surface area contributed by atoms with Gasteiger partial charge in [-0.3, -0.25) is 4.79 Å². The lowest BCUT2D eigenvalue weighted by molar-refractivity contribution is -0.115. The molecule has 0 spiro atoms. The summed E-state index contributed by atoms with van der Waals surface area (Å²) in [5.74, 6) is 0.506. The Morgan fingerprint density at radius 2 is 2.20 bits per heavy atom. The van der Waals surface area contributed by atoms with Crippen molar-refractivity contribution in [3.8, 4) is 0 Å². The summed E-state index contributed by atoms with van der Waals surface area (Å²) in [6, 6.07) is 7.68. The molecule has 1 amide bonds. The summed E-state index contributed by atoms with van der Waals surface area (Å²) in [7, 11) is 2.14. The highest BCUT2D eigenvalue weighted by Crippen LogP contribution is 2.20. The summed E-state index contributed by atoms with van der Waals surface area (Å²) in [6.45, 7) is 4.70. The first-order valence-electron chi connectivity index (χ1n) is 7.02. The number of carbonyl (C=O) groups excluding carboxylic acids is 1. The number of hydrogen-bond donors (Lipinski definition) is 2. The van der Waals surface area contributed by atoms with E-state index < -0.39 is 0 Å². The summed E-state index contributed by atoms with van der Waals surface area (Å²) in [5.41, 5.74) is 0.664. The molecule has 2 unspecified atom stereocenters. The van der Waals surface area contributed by atoms with Crippen molar-refractivity contribution < 1.29 is 4.79 Å².